The Hall–Kier alpha value is -1.79. The van der Waals surface area contributed by atoms with Gasteiger partial charge >= 0.3 is 0 Å². The number of nitrogens with one attached hydrogen (secondary N) is 2. The molecule has 2 N–H and O–H groups in total. The molecule has 0 radical (unpaired) electrons. The zero-order chi connectivity index (χ0) is 18.2. The van der Waals surface area contributed by atoms with Crippen molar-refractivity contribution in [2.45, 2.75) is 20.3 Å². The van der Waals surface area contributed by atoms with Crippen molar-refractivity contribution in [3.63, 3.8) is 0 Å². The minimum absolute atomic E-state index is 0.0226. The highest BCUT2D eigenvalue weighted by Gasteiger charge is 2.25. The number of hydrogen-bond donors (Lipinski definition) is 2. The van der Waals surface area contributed by atoms with Crippen LogP contribution in [0.2, 0.25) is 5.02 Å². The number of piperazine rings is 1. The molecule has 0 saturated carbocycles. The van der Waals surface area contributed by atoms with Gasteiger partial charge in [-0.2, -0.15) is 0 Å². The van der Waals surface area contributed by atoms with Gasteiger partial charge in [0.25, 0.3) is 11.8 Å². The molecule has 0 bridgehead atoms. The van der Waals surface area contributed by atoms with Gasteiger partial charge in [0.1, 0.15) is 5.75 Å². The van der Waals surface area contributed by atoms with Crippen molar-refractivity contribution < 1.29 is 19.2 Å². The second kappa shape index (κ2) is 9.63. The number of benzene rings is 1. The van der Waals surface area contributed by atoms with Gasteiger partial charge in [0.2, 0.25) is 0 Å². The summed E-state index contributed by atoms with van der Waals surface area (Å²) in [6.45, 7) is 8.02. The van der Waals surface area contributed by atoms with E-state index >= 15 is 0 Å². The topological polar surface area (TPSA) is 63.1 Å². The molecule has 1 aromatic carbocycles. The van der Waals surface area contributed by atoms with Crippen LogP contribution >= 0.6 is 11.6 Å². The Morgan fingerprint density at radius 3 is 2.68 bits per heavy atom. The smallest absolute Gasteiger partial charge is 0.275 e. The summed E-state index contributed by atoms with van der Waals surface area (Å²) in [6.07, 6.45) is 0.941. The van der Waals surface area contributed by atoms with Gasteiger partial charge in [-0.1, -0.05) is 18.5 Å². The molecule has 0 spiro atoms. The standard InChI is InChI=1S/C18H26ClN3O3/c1-3-6-20-17(23)12-21-7-9-22(10-8-21)18(24)13-25-16-5-4-15(19)11-14(16)2/h4-5,11H,3,6-10,12-13H2,1-2H3,(H,20,23)/p+1. The first-order valence-electron chi connectivity index (χ1n) is 8.76. The van der Waals surface area contributed by atoms with Crippen LogP contribution < -0.4 is 15.0 Å². The molecule has 0 unspecified atom stereocenters. The van der Waals surface area contributed by atoms with Gasteiger partial charge in [-0.3, -0.25) is 9.59 Å². The highest BCUT2D eigenvalue weighted by molar-refractivity contribution is 6.30. The van der Waals surface area contributed by atoms with Crippen molar-refractivity contribution in [2.75, 3.05) is 45.9 Å². The molecule has 2 rings (SSSR count). The number of carbonyl (C=O) groups excluding carboxylic acids is 2. The van der Waals surface area contributed by atoms with Gasteiger partial charge in [0.05, 0.1) is 26.2 Å². The molecule has 0 aliphatic carbocycles. The van der Waals surface area contributed by atoms with Crippen molar-refractivity contribution in [1.82, 2.24) is 10.2 Å². The minimum Gasteiger partial charge on any atom is -0.483 e. The van der Waals surface area contributed by atoms with Gasteiger partial charge in [-0.15, -0.1) is 0 Å². The van der Waals surface area contributed by atoms with Crippen LogP contribution in [0.15, 0.2) is 18.2 Å². The molecule has 0 atom stereocenters. The van der Waals surface area contributed by atoms with Gasteiger partial charge in [-0.05, 0) is 37.1 Å². The Balaban J connectivity index is 1.73. The van der Waals surface area contributed by atoms with Crippen molar-refractivity contribution in [3.05, 3.63) is 28.8 Å². The molecule has 0 aromatic heterocycles. The van der Waals surface area contributed by atoms with E-state index in [0.29, 0.717) is 30.4 Å². The maximum absolute atomic E-state index is 12.3. The Labute approximate surface area is 154 Å². The largest absolute Gasteiger partial charge is 0.483 e. The maximum atomic E-state index is 12.3. The molecule has 1 heterocycles. The number of quaternary nitrogens is 1. The van der Waals surface area contributed by atoms with Gasteiger partial charge in [0.15, 0.2) is 13.2 Å². The van der Waals surface area contributed by atoms with E-state index in [1.54, 1.807) is 17.0 Å². The van der Waals surface area contributed by atoms with Gasteiger partial charge < -0.3 is 19.9 Å². The lowest BCUT2D eigenvalue weighted by molar-refractivity contribution is -0.896. The van der Waals surface area contributed by atoms with Crippen molar-refractivity contribution in [3.8, 4) is 5.75 Å². The first kappa shape index (κ1) is 19.5. The summed E-state index contributed by atoms with van der Waals surface area (Å²) < 4.78 is 5.62. The summed E-state index contributed by atoms with van der Waals surface area (Å²) in [7, 11) is 0. The van der Waals surface area contributed by atoms with Crippen LogP contribution in [0.3, 0.4) is 0 Å². The van der Waals surface area contributed by atoms with Gasteiger partial charge in [0, 0.05) is 11.6 Å². The summed E-state index contributed by atoms with van der Waals surface area (Å²) in [5.74, 6) is 0.733. The Morgan fingerprint density at radius 1 is 1.32 bits per heavy atom. The lowest BCUT2D eigenvalue weighted by atomic mass is 10.2. The molecule has 1 aromatic rings. The van der Waals surface area contributed by atoms with Crippen molar-refractivity contribution >= 4 is 23.4 Å². The molecule has 1 fully saturated rings. The fourth-order valence-corrected chi connectivity index (χ4v) is 3.04. The van der Waals surface area contributed by atoms with Gasteiger partial charge in [-0.25, -0.2) is 0 Å². The summed E-state index contributed by atoms with van der Waals surface area (Å²) in [4.78, 5) is 27.1. The van der Waals surface area contributed by atoms with E-state index in [1.165, 1.54) is 4.90 Å². The van der Waals surface area contributed by atoms with E-state index in [0.717, 1.165) is 31.6 Å². The summed E-state index contributed by atoms with van der Waals surface area (Å²) in [6, 6.07) is 5.34. The van der Waals surface area contributed by atoms with E-state index in [9.17, 15) is 9.59 Å². The second-order valence-corrected chi connectivity index (χ2v) is 6.79. The minimum atomic E-state index is -0.0242. The fraction of sp³-hybridized carbons (Fsp3) is 0.556. The normalized spacial score (nSPS) is 15.1. The lowest BCUT2D eigenvalue weighted by Gasteiger charge is -2.31. The lowest BCUT2D eigenvalue weighted by Crippen LogP contribution is -3.15. The average molecular weight is 369 g/mol. The highest BCUT2D eigenvalue weighted by Crippen LogP contribution is 2.21. The van der Waals surface area contributed by atoms with Crippen molar-refractivity contribution in [2.24, 2.45) is 0 Å². The third-order valence-electron chi connectivity index (χ3n) is 4.29. The summed E-state index contributed by atoms with van der Waals surface area (Å²) in [5.41, 5.74) is 0.910. The van der Waals surface area contributed by atoms with E-state index < -0.39 is 0 Å². The van der Waals surface area contributed by atoms with Crippen LogP contribution in [-0.4, -0.2) is 62.6 Å². The van der Waals surface area contributed by atoms with E-state index in [1.807, 2.05) is 19.9 Å². The zero-order valence-electron chi connectivity index (χ0n) is 14.9. The zero-order valence-corrected chi connectivity index (χ0v) is 15.7. The van der Waals surface area contributed by atoms with E-state index in [2.05, 4.69) is 5.32 Å². The van der Waals surface area contributed by atoms with Crippen LogP contribution in [0.4, 0.5) is 0 Å². The number of aryl methyl sites for hydroxylation is 1. The van der Waals surface area contributed by atoms with Crippen LogP contribution in [0.1, 0.15) is 18.9 Å². The molecular formula is C18H27ClN3O3+. The predicted octanol–water partition coefficient (Wildman–Crippen LogP) is 0.281. The first-order valence-corrected chi connectivity index (χ1v) is 9.14. The van der Waals surface area contributed by atoms with Crippen molar-refractivity contribution in [1.29, 1.82) is 0 Å². The van der Waals surface area contributed by atoms with Crippen LogP contribution in [0, 0.1) is 6.92 Å². The number of halogens is 1. The average Bonchev–Trinajstić information content (AvgIpc) is 2.59. The quantitative estimate of drug-likeness (QED) is 0.726. The predicted molar refractivity (Wildman–Crippen MR) is 97.1 cm³/mol. The number of ether oxygens (including phenoxy) is 1. The maximum Gasteiger partial charge on any atom is 0.275 e. The number of hydrogen-bond acceptors (Lipinski definition) is 3. The Bertz CT molecular complexity index is 601. The number of amides is 2. The van der Waals surface area contributed by atoms with E-state index in [-0.39, 0.29) is 18.4 Å². The van der Waals surface area contributed by atoms with Crippen LogP contribution in [-0.2, 0) is 9.59 Å². The van der Waals surface area contributed by atoms with Crippen LogP contribution in [0.5, 0.6) is 5.75 Å². The fourth-order valence-electron chi connectivity index (χ4n) is 2.81. The third kappa shape index (κ3) is 6.21. The SMILES string of the molecule is CCCNC(=O)C[NH+]1CCN(C(=O)COc2ccc(Cl)cc2C)CC1. The highest BCUT2D eigenvalue weighted by atomic mass is 35.5. The molecule has 1 saturated heterocycles. The monoisotopic (exact) mass is 368 g/mol. The molecule has 138 valence electrons. The Kier molecular flexibility index (Phi) is 7.52. The molecule has 1 aliphatic heterocycles. The Morgan fingerprint density at radius 2 is 2.04 bits per heavy atom. The van der Waals surface area contributed by atoms with E-state index in [4.69, 9.17) is 16.3 Å². The first-order chi connectivity index (χ1) is 12.0. The molecule has 6 nitrogen and oxygen atoms in total. The summed E-state index contributed by atoms with van der Waals surface area (Å²) >= 11 is 5.92. The number of nitrogens with zero attached hydrogens (tertiary/aromatic N) is 1. The second-order valence-electron chi connectivity index (χ2n) is 6.36. The molecular weight excluding hydrogens is 342 g/mol. The molecule has 1 aliphatic rings. The van der Waals surface area contributed by atoms with Crippen LogP contribution in [0.25, 0.3) is 0 Å². The number of rotatable bonds is 7. The summed E-state index contributed by atoms with van der Waals surface area (Å²) in [5, 5.41) is 3.54. The molecule has 25 heavy (non-hydrogen) atoms. The molecule has 7 heteroatoms. The molecule has 2 amide bonds. The number of carbonyl (C=O) groups is 2. The third-order valence-corrected chi connectivity index (χ3v) is 4.53.